The molecule has 3 rings (SSSR count). The number of nitrogens with zero attached hydrogens (tertiary/aromatic N) is 2. The van der Waals surface area contributed by atoms with Crippen LogP contribution < -0.4 is 9.47 Å². The van der Waals surface area contributed by atoms with Crippen LogP contribution in [0.3, 0.4) is 0 Å². The molecule has 29 heavy (non-hydrogen) atoms. The molecule has 6 nitrogen and oxygen atoms in total. The fraction of sp³-hybridized carbons (Fsp3) is 0.0870. The second-order valence-corrected chi connectivity index (χ2v) is 6.09. The largest absolute Gasteiger partial charge is 0.493 e. The SMILES string of the molecule is COc1cccc(C=Nc2ccc(C#N)cc2)c1OCc1ccc(C(=O)O)cc1. The number of carbonyl (C=O) groups is 1. The summed E-state index contributed by atoms with van der Waals surface area (Å²) in [6, 6.07) is 21.0. The van der Waals surface area contributed by atoms with Crippen molar-refractivity contribution in [2.75, 3.05) is 7.11 Å². The predicted molar refractivity (Wildman–Crippen MR) is 109 cm³/mol. The Morgan fingerprint density at radius 1 is 1.10 bits per heavy atom. The molecular weight excluding hydrogens is 368 g/mol. The Bertz CT molecular complexity index is 1070. The van der Waals surface area contributed by atoms with Crippen molar-refractivity contribution in [2.24, 2.45) is 4.99 Å². The molecule has 3 aromatic rings. The number of nitriles is 1. The first kappa shape index (κ1) is 19.6. The molecule has 0 atom stereocenters. The molecule has 0 aliphatic heterocycles. The van der Waals surface area contributed by atoms with Gasteiger partial charge < -0.3 is 14.6 Å². The Labute approximate surface area is 168 Å². The number of hydrogen-bond donors (Lipinski definition) is 1. The standard InChI is InChI=1S/C23H18N2O4/c1-28-21-4-2-3-19(14-25-20-11-7-16(13-24)8-12-20)22(21)29-15-17-5-9-18(10-6-17)23(26)27/h2-12,14H,15H2,1H3,(H,26,27). The lowest BCUT2D eigenvalue weighted by Gasteiger charge is -2.13. The van der Waals surface area contributed by atoms with E-state index < -0.39 is 5.97 Å². The van der Waals surface area contributed by atoms with E-state index in [4.69, 9.17) is 19.8 Å². The van der Waals surface area contributed by atoms with Crippen molar-refractivity contribution >= 4 is 17.9 Å². The lowest BCUT2D eigenvalue weighted by molar-refractivity contribution is 0.0697. The summed E-state index contributed by atoms with van der Waals surface area (Å²) < 4.78 is 11.4. The van der Waals surface area contributed by atoms with Gasteiger partial charge in [-0.25, -0.2) is 4.79 Å². The van der Waals surface area contributed by atoms with E-state index in [0.717, 1.165) is 11.1 Å². The Morgan fingerprint density at radius 2 is 1.83 bits per heavy atom. The zero-order chi connectivity index (χ0) is 20.6. The highest BCUT2D eigenvalue weighted by atomic mass is 16.5. The maximum atomic E-state index is 11.0. The van der Waals surface area contributed by atoms with E-state index in [-0.39, 0.29) is 12.2 Å². The molecule has 0 amide bonds. The van der Waals surface area contributed by atoms with E-state index in [2.05, 4.69) is 11.1 Å². The molecule has 1 N–H and O–H groups in total. The molecule has 0 fully saturated rings. The van der Waals surface area contributed by atoms with Gasteiger partial charge in [-0.1, -0.05) is 18.2 Å². The molecular formula is C23H18N2O4. The molecule has 0 spiro atoms. The molecule has 0 aromatic heterocycles. The maximum absolute atomic E-state index is 11.0. The van der Waals surface area contributed by atoms with Crippen molar-refractivity contribution in [3.63, 3.8) is 0 Å². The van der Waals surface area contributed by atoms with Gasteiger partial charge in [-0.2, -0.15) is 5.26 Å². The van der Waals surface area contributed by atoms with Gasteiger partial charge in [0.05, 0.1) is 30.0 Å². The van der Waals surface area contributed by atoms with Crippen LogP contribution in [-0.2, 0) is 6.61 Å². The number of para-hydroxylation sites is 1. The molecule has 0 saturated carbocycles. The Morgan fingerprint density at radius 3 is 2.45 bits per heavy atom. The molecule has 0 radical (unpaired) electrons. The van der Waals surface area contributed by atoms with Crippen LogP contribution in [0.4, 0.5) is 5.69 Å². The topological polar surface area (TPSA) is 91.9 Å². The number of aromatic carboxylic acids is 1. The quantitative estimate of drug-likeness (QED) is 0.599. The molecule has 6 heteroatoms. The predicted octanol–water partition coefficient (Wildman–Crippen LogP) is 4.59. The third-order valence-electron chi connectivity index (χ3n) is 4.16. The number of carboxylic acids is 1. The van der Waals surface area contributed by atoms with E-state index in [1.807, 2.05) is 12.1 Å². The summed E-state index contributed by atoms with van der Waals surface area (Å²) in [5, 5.41) is 17.9. The minimum Gasteiger partial charge on any atom is -0.493 e. The molecule has 144 valence electrons. The zero-order valence-corrected chi connectivity index (χ0v) is 15.7. The fourth-order valence-corrected chi connectivity index (χ4v) is 2.61. The van der Waals surface area contributed by atoms with Crippen LogP contribution in [0.25, 0.3) is 0 Å². The van der Waals surface area contributed by atoms with Crippen LogP contribution in [0.1, 0.15) is 27.0 Å². The van der Waals surface area contributed by atoms with Gasteiger partial charge in [-0.3, -0.25) is 4.99 Å². The summed E-state index contributed by atoms with van der Waals surface area (Å²) >= 11 is 0. The van der Waals surface area contributed by atoms with Crippen LogP contribution in [-0.4, -0.2) is 24.4 Å². The number of ether oxygens (including phenoxy) is 2. The van der Waals surface area contributed by atoms with Gasteiger partial charge in [0.1, 0.15) is 6.61 Å². The number of aliphatic imine (C=N–C) groups is 1. The van der Waals surface area contributed by atoms with Crippen molar-refractivity contribution in [3.05, 3.63) is 89.0 Å². The van der Waals surface area contributed by atoms with Gasteiger partial charge in [0.25, 0.3) is 0 Å². The van der Waals surface area contributed by atoms with Gasteiger partial charge >= 0.3 is 5.97 Å². The van der Waals surface area contributed by atoms with Crippen molar-refractivity contribution in [2.45, 2.75) is 6.61 Å². The highest BCUT2D eigenvalue weighted by Gasteiger charge is 2.10. The van der Waals surface area contributed by atoms with Crippen LogP contribution >= 0.6 is 0 Å². The van der Waals surface area contributed by atoms with E-state index in [1.165, 1.54) is 12.1 Å². The molecule has 0 heterocycles. The Balaban J connectivity index is 1.80. The van der Waals surface area contributed by atoms with Gasteiger partial charge in [0, 0.05) is 11.8 Å². The van der Waals surface area contributed by atoms with Gasteiger partial charge in [-0.15, -0.1) is 0 Å². The van der Waals surface area contributed by atoms with Crippen LogP contribution in [0.5, 0.6) is 11.5 Å². The van der Waals surface area contributed by atoms with Gasteiger partial charge in [0.15, 0.2) is 11.5 Å². The van der Waals surface area contributed by atoms with Crippen molar-refractivity contribution in [1.82, 2.24) is 0 Å². The Hall–Kier alpha value is -4.11. The molecule has 0 saturated heterocycles. The van der Waals surface area contributed by atoms with E-state index in [1.54, 1.807) is 55.8 Å². The fourth-order valence-electron chi connectivity index (χ4n) is 2.61. The average Bonchev–Trinajstić information content (AvgIpc) is 2.76. The third-order valence-corrected chi connectivity index (χ3v) is 4.16. The number of rotatable bonds is 7. The number of carboxylic acid groups (broad SMARTS) is 1. The van der Waals surface area contributed by atoms with E-state index >= 15 is 0 Å². The van der Waals surface area contributed by atoms with E-state index in [9.17, 15) is 4.79 Å². The van der Waals surface area contributed by atoms with Crippen molar-refractivity contribution in [3.8, 4) is 17.6 Å². The summed E-state index contributed by atoms with van der Waals surface area (Å²) in [6.45, 7) is 0.248. The normalized spacial score (nSPS) is 10.5. The summed E-state index contributed by atoms with van der Waals surface area (Å²) in [5.74, 6) is 0.133. The highest BCUT2D eigenvalue weighted by Crippen LogP contribution is 2.31. The van der Waals surface area contributed by atoms with Crippen LogP contribution in [0, 0.1) is 11.3 Å². The first-order chi connectivity index (χ1) is 14.1. The average molecular weight is 386 g/mol. The molecule has 0 unspecified atom stereocenters. The molecule has 0 bridgehead atoms. The first-order valence-corrected chi connectivity index (χ1v) is 8.77. The van der Waals surface area contributed by atoms with Gasteiger partial charge in [0.2, 0.25) is 0 Å². The van der Waals surface area contributed by atoms with Crippen molar-refractivity contribution < 1.29 is 19.4 Å². The van der Waals surface area contributed by atoms with Gasteiger partial charge in [-0.05, 0) is 54.1 Å². The minimum atomic E-state index is -0.969. The molecule has 0 aliphatic carbocycles. The Kier molecular flexibility index (Phi) is 6.23. The van der Waals surface area contributed by atoms with E-state index in [0.29, 0.717) is 22.7 Å². The first-order valence-electron chi connectivity index (χ1n) is 8.77. The number of hydrogen-bond acceptors (Lipinski definition) is 5. The summed E-state index contributed by atoms with van der Waals surface area (Å²) in [7, 11) is 1.56. The summed E-state index contributed by atoms with van der Waals surface area (Å²) in [4.78, 5) is 15.4. The lowest BCUT2D eigenvalue weighted by Crippen LogP contribution is -2.02. The second kappa shape index (κ2) is 9.20. The summed E-state index contributed by atoms with van der Waals surface area (Å²) in [5.41, 5.74) is 3.07. The number of methoxy groups -OCH3 is 1. The summed E-state index contributed by atoms with van der Waals surface area (Å²) in [6.07, 6.45) is 1.67. The molecule has 3 aromatic carbocycles. The smallest absolute Gasteiger partial charge is 0.335 e. The monoisotopic (exact) mass is 386 g/mol. The molecule has 0 aliphatic rings. The van der Waals surface area contributed by atoms with Crippen LogP contribution in [0.15, 0.2) is 71.7 Å². The lowest BCUT2D eigenvalue weighted by atomic mass is 10.1. The third kappa shape index (κ3) is 4.99. The zero-order valence-electron chi connectivity index (χ0n) is 15.7. The maximum Gasteiger partial charge on any atom is 0.335 e. The minimum absolute atomic E-state index is 0.223. The van der Waals surface area contributed by atoms with Crippen molar-refractivity contribution in [1.29, 1.82) is 5.26 Å². The number of benzene rings is 3. The van der Waals surface area contributed by atoms with Crippen LogP contribution in [0.2, 0.25) is 0 Å². The highest BCUT2D eigenvalue weighted by molar-refractivity contribution is 5.88. The second-order valence-electron chi connectivity index (χ2n) is 6.09.